The molecule has 1 saturated heterocycles. The maximum atomic E-state index is 12.8. The van der Waals surface area contributed by atoms with Crippen molar-refractivity contribution in [1.82, 2.24) is 19.4 Å². The van der Waals surface area contributed by atoms with E-state index in [0.717, 1.165) is 38.8 Å². The van der Waals surface area contributed by atoms with Crippen LogP contribution in [0.25, 0.3) is 11.2 Å². The quantitative estimate of drug-likeness (QED) is 0.684. The molecule has 8 heteroatoms. The SMILES string of the molecule is CCCn1c(NC(=O)c2cccc(C#N)c2)nc2cc(C(=O)N3CCCCC3)cnc21. The number of nitrogens with one attached hydrogen (secondary N) is 1. The summed E-state index contributed by atoms with van der Waals surface area (Å²) in [7, 11) is 0. The first-order valence-corrected chi connectivity index (χ1v) is 10.6. The first kappa shape index (κ1) is 20.5. The second-order valence-electron chi connectivity index (χ2n) is 7.65. The van der Waals surface area contributed by atoms with E-state index in [4.69, 9.17) is 5.26 Å². The van der Waals surface area contributed by atoms with Crippen LogP contribution in [0, 0.1) is 11.3 Å². The highest BCUT2D eigenvalue weighted by Gasteiger charge is 2.21. The number of aromatic nitrogens is 3. The predicted octanol–water partition coefficient (Wildman–Crippen LogP) is 3.59. The van der Waals surface area contributed by atoms with Gasteiger partial charge in [-0.15, -0.1) is 0 Å². The van der Waals surface area contributed by atoms with Gasteiger partial charge in [-0.25, -0.2) is 9.97 Å². The van der Waals surface area contributed by atoms with E-state index >= 15 is 0 Å². The molecule has 0 atom stereocenters. The molecule has 3 aromatic rings. The number of nitriles is 1. The average molecular weight is 416 g/mol. The monoisotopic (exact) mass is 416 g/mol. The number of piperidine rings is 1. The third kappa shape index (κ3) is 4.26. The fourth-order valence-electron chi connectivity index (χ4n) is 3.84. The number of likely N-dealkylation sites (tertiary alicyclic amines) is 1. The van der Waals surface area contributed by atoms with Crippen LogP contribution < -0.4 is 5.32 Å². The molecule has 0 saturated carbocycles. The van der Waals surface area contributed by atoms with Crippen LogP contribution in [0.1, 0.15) is 58.9 Å². The molecule has 3 heterocycles. The van der Waals surface area contributed by atoms with E-state index in [2.05, 4.69) is 15.3 Å². The number of anilines is 1. The van der Waals surface area contributed by atoms with Gasteiger partial charge in [0.15, 0.2) is 5.65 Å². The summed E-state index contributed by atoms with van der Waals surface area (Å²) >= 11 is 0. The van der Waals surface area contributed by atoms with Gasteiger partial charge in [0.25, 0.3) is 11.8 Å². The summed E-state index contributed by atoms with van der Waals surface area (Å²) < 4.78 is 1.84. The highest BCUT2D eigenvalue weighted by Crippen LogP contribution is 2.22. The lowest BCUT2D eigenvalue weighted by Crippen LogP contribution is -2.35. The molecular weight excluding hydrogens is 392 g/mol. The van der Waals surface area contributed by atoms with Gasteiger partial charge in [0, 0.05) is 31.4 Å². The third-order valence-electron chi connectivity index (χ3n) is 5.40. The largest absolute Gasteiger partial charge is 0.339 e. The van der Waals surface area contributed by atoms with Crippen molar-refractivity contribution in [3.63, 3.8) is 0 Å². The van der Waals surface area contributed by atoms with E-state index in [1.54, 1.807) is 30.5 Å². The van der Waals surface area contributed by atoms with Crippen molar-refractivity contribution < 1.29 is 9.59 Å². The van der Waals surface area contributed by atoms with Crippen molar-refractivity contribution in [2.24, 2.45) is 0 Å². The van der Waals surface area contributed by atoms with E-state index in [9.17, 15) is 9.59 Å². The summed E-state index contributed by atoms with van der Waals surface area (Å²) in [6.07, 6.45) is 5.62. The summed E-state index contributed by atoms with van der Waals surface area (Å²) in [6, 6.07) is 10.3. The zero-order valence-corrected chi connectivity index (χ0v) is 17.5. The van der Waals surface area contributed by atoms with Crippen LogP contribution in [0.3, 0.4) is 0 Å². The Morgan fingerprint density at radius 3 is 2.71 bits per heavy atom. The minimum absolute atomic E-state index is 0.0296. The molecule has 2 aromatic heterocycles. The Balaban J connectivity index is 1.64. The van der Waals surface area contributed by atoms with Gasteiger partial charge in [-0.3, -0.25) is 19.5 Å². The maximum absolute atomic E-state index is 12.8. The Kier molecular flexibility index (Phi) is 5.94. The van der Waals surface area contributed by atoms with Crippen LogP contribution in [0.4, 0.5) is 5.95 Å². The van der Waals surface area contributed by atoms with E-state index in [1.165, 1.54) is 6.07 Å². The van der Waals surface area contributed by atoms with Crippen molar-refractivity contribution in [3.05, 3.63) is 53.2 Å². The number of hydrogen-bond acceptors (Lipinski definition) is 5. The molecule has 0 aliphatic carbocycles. The van der Waals surface area contributed by atoms with Crippen LogP contribution in [0.5, 0.6) is 0 Å². The van der Waals surface area contributed by atoms with Crippen LogP contribution >= 0.6 is 0 Å². The normalized spacial score (nSPS) is 13.7. The van der Waals surface area contributed by atoms with Crippen LogP contribution in [0.15, 0.2) is 36.5 Å². The van der Waals surface area contributed by atoms with Gasteiger partial charge in [-0.1, -0.05) is 13.0 Å². The number of fused-ring (bicyclic) bond motifs is 1. The number of carbonyl (C=O) groups is 2. The van der Waals surface area contributed by atoms with Gasteiger partial charge >= 0.3 is 0 Å². The van der Waals surface area contributed by atoms with E-state index in [-0.39, 0.29) is 11.8 Å². The second kappa shape index (κ2) is 8.96. The highest BCUT2D eigenvalue weighted by atomic mass is 16.2. The molecule has 8 nitrogen and oxygen atoms in total. The van der Waals surface area contributed by atoms with Gasteiger partial charge in [0.05, 0.1) is 17.2 Å². The second-order valence-corrected chi connectivity index (χ2v) is 7.65. The number of aryl methyl sites for hydroxylation is 1. The number of benzene rings is 1. The summed E-state index contributed by atoms with van der Waals surface area (Å²) in [6.45, 7) is 4.19. The predicted molar refractivity (Wildman–Crippen MR) is 117 cm³/mol. The Hall–Kier alpha value is -3.73. The van der Waals surface area contributed by atoms with Gasteiger partial charge in [0.1, 0.15) is 5.52 Å². The Morgan fingerprint density at radius 2 is 1.97 bits per heavy atom. The number of nitrogens with zero attached hydrogens (tertiary/aromatic N) is 5. The first-order chi connectivity index (χ1) is 15.1. The molecule has 0 radical (unpaired) electrons. The fourth-order valence-corrected chi connectivity index (χ4v) is 3.84. The van der Waals surface area contributed by atoms with Crippen molar-refractivity contribution in [2.45, 2.75) is 39.2 Å². The maximum Gasteiger partial charge on any atom is 0.258 e. The topological polar surface area (TPSA) is 104 Å². The standard InChI is InChI=1S/C23H24N6O2/c1-2-9-29-20-19(13-18(15-25-20)22(31)28-10-4-3-5-11-28)26-23(29)27-21(30)17-8-6-7-16(12-17)14-24/h6-8,12-13,15H,2-5,9-11H2,1H3,(H,26,27,30). The molecule has 4 rings (SSSR count). The lowest BCUT2D eigenvalue weighted by Gasteiger charge is -2.26. The van der Waals surface area contributed by atoms with Crippen LogP contribution in [-0.2, 0) is 6.54 Å². The first-order valence-electron chi connectivity index (χ1n) is 10.6. The molecule has 1 aliphatic heterocycles. The summed E-state index contributed by atoms with van der Waals surface area (Å²) in [5.41, 5.74) is 2.49. The molecular formula is C23H24N6O2. The Morgan fingerprint density at radius 1 is 1.16 bits per heavy atom. The minimum atomic E-state index is -0.352. The van der Waals surface area contributed by atoms with Crippen LogP contribution in [0.2, 0.25) is 0 Å². The van der Waals surface area contributed by atoms with E-state index in [1.807, 2.05) is 22.5 Å². The van der Waals surface area contributed by atoms with Gasteiger partial charge < -0.3 is 4.90 Å². The summed E-state index contributed by atoms with van der Waals surface area (Å²) in [5.74, 6) is -0.00768. The smallest absolute Gasteiger partial charge is 0.258 e. The fraction of sp³-hybridized carbons (Fsp3) is 0.348. The minimum Gasteiger partial charge on any atom is -0.339 e. The van der Waals surface area contributed by atoms with Crippen molar-refractivity contribution in [2.75, 3.05) is 18.4 Å². The lowest BCUT2D eigenvalue weighted by molar-refractivity contribution is 0.0724. The molecule has 0 unspecified atom stereocenters. The third-order valence-corrected chi connectivity index (χ3v) is 5.40. The van der Waals surface area contributed by atoms with Gasteiger partial charge in [0.2, 0.25) is 5.95 Å². The van der Waals surface area contributed by atoms with Crippen molar-refractivity contribution in [3.8, 4) is 6.07 Å². The number of hydrogen-bond donors (Lipinski definition) is 1. The van der Waals surface area contributed by atoms with Crippen molar-refractivity contribution >= 4 is 28.9 Å². The van der Waals surface area contributed by atoms with Gasteiger partial charge in [-0.05, 0) is 49.9 Å². The average Bonchev–Trinajstić information content (AvgIpc) is 3.15. The molecule has 1 aliphatic rings. The van der Waals surface area contributed by atoms with Crippen molar-refractivity contribution in [1.29, 1.82) is 5.26 Å². The number of imidazole rings is 1. The zero-order valence-electron chi connectivity index (χ0n) is 17.5. The molecule has 0 spiro atoms. The number of carbonyl (C=O) groups excluding carboxylic acids is 2. The molecule has 31 heavy (non-hydrogen) atoms. The molecule has 2 amide bonds. The molecule has 1 fully saturated rings. The Labute approximate surface area is 180 Å². The highest BCUT2D eigenvalue weighted by molar-refractivity contribution is 6.04. The number of amides is 2. The lowest BCUT2D eigenvalue weighted by atomic mass is 10.1. The summed E-state index contributed by atoms with van der Waals surface area (Å²) in [4.78, 5) is 36.5. The molecule has 158 valence electrons. The van der Waals surface area contributed by atoms with E-state index < -0.39 is 0 Å². The molecule has 0 bridgehead atoms. The molecule has 1 N–H and O–H groups in total. The van der Waals surface area contributed by atoms with Gasteiger partial charge in [-0.2, -0.15) is 5.26 Å². The number of rotatable bonds is 5. The molecule has 1 aromatic carbocycles. The number of pyridine rings is 1. The zero-order chi connectivity index (χ0) is 21.8. The summed E-state index contributed by atoms with van der Waals surface area (Å²) in [5, 5.41) is 11.9. The van der Waals surface area contributed by atoms with E-state index in [0.29, 0.717) is 40.3 Å². The Bertz CT molecular complexity index is 1170. The van der Waals surface area contributed by atoms with Crippen LogP contribution in [-0.4, -0.2) is 44.3 Å².